The number of amides is 1. The summed E-state index contributed by atoms with van der Waals surface area (Å²) >= 11 is 0. The first-order chi connectivity index (χ1) is 16.7. The minimum absolute atomic E-state index is 0.151. The predicted octanol–water partition coefficient (Wildman–Crippen LogP) is 4.75. The Kier molecular flexibility index (Phi) is 7.72. The smallest absolute Gasteiger partial charge is 0.318 e. The lowest BCUT2D eigenvalue weighted by Gasteiger charge is -2.13. The van der Waals surface area contributed by atoms with Crippen molar-refractivity contribution in [3.63, 3.8) is 0 Å². The number of benzene rings is 3. The maximum Gasteiger partial charge on any atom is 0.318 e. The summed E-state index contributed by atoms with van der Waals surface area (Å²) in [6.45, 7) is 5.57. The molecule has 3 rings (SSSR count). The zero-order valence-electron chi connectivity index (χ0n) is 19.2. The number of rotatable bonds is 9. The molecular weight excluding hydrogens is 456 g/mol. The van der Waals surface area contributed by atoms with Gasteiger partial charge in [0.2, 0.25) is 5.75 Å². The number of ether oxygens (including phenoxy) is 2. The molecule has 180 valence electrons. The topological polar surface area (TPSA) is 146 Å². The van der Waals surface area contributed by atoms with Crippen molar-refractivity contribution in [2.75, 3.05) is 6.61 Å². The summed E-state index contributed by atoms with van der Waals surface area (Å²) in [5, 5.41) is 26.1. The number of nitro benzene ring substituents is 2. The summed E-state index contributed by atoms with van der Waals surface area (Å²) in [5.74, 6) is 0.303. The number of nitrogens with one attached hydrogen (secondary N) is 1. The second kappa shape index (κ2) is 10.9. The normalized spacial score (nSPS) is 10.7. The van der Waals surface area contributed by atoms with Crippen LogP contribution in [0.1, 0.15) is 22.3 Å². The molecule has 11 nitrogen and oxygen atoms in total. The van der Waals surface area contributed by atoms with Crippen LogP contribution in [-0.4, -0.2) is 28.6 Å². The third kappa shape index (κ3) is 6.38. The summed E-state index contributed by atoms with van der Waals surface area (Å²) in [6.07, 6.45) is 1.37. The van der Waals surface area contributed by atoms with Gasteiger partial charge in [0.05, 0.1) is 22.1 Å². The van der Waals surface area contributed by atoms with E-state index in [0.29, 0.717) is 11.3 Å². The zero-order chi connectivity index (χ0) is 25.5. The molecule has 1 N–H and O–H groups in total. The van der Waals surface area contributed by atoms with Crippen LogP contribution in [0.2, 0.25) is 0 Å². The van der Waals surface area contributed by atoms with Crippen LogP contribution in [0.5, 0.6) is 17.2 Å². The van der Waals surface area contributed by atoms with Crippen molar-refractivity contribution in [3.8, 4) is 17.2 Å². The highest BCUT2D eigenvalue weighted by Crippen LogP contribution is 2.34. The van der Waals surface area contributed by atoms with Gasteiger partial charge in [-0.05, 0) is 61.2 Å². The molecular formula is C24H22N4O7. The van der Waals surface area contributed by atoms with Gasteiger partial charge in [-0.1, -0.05) is 24.3 Å². The van der Waals surface area contributed by atoms with Crippen LogP contribution >= 0.6 is 0 Å². The number of hydrazone groups is 1. The van der Waals surface area contributed by atoms with E-state index in [-0.39, 0.29) is 18.1 Å². The van der Waals surface area contributed by atoms with Crippen LogP contribution in [0.3, 0.4) is 0 Å². The summed E-state index contributed by atoms with van der Waals surface area (Å²) in [5.41, 5.74) is 4.91. The first kappa shape index (κ1) is 24.8. The Hall–Kier alpha value is -4.80. The molecule has 0 atom stereocenters. The maximum atomic E-state index is 12.1. The highest BCUT2D eigenvalue weighted by molar-refractivity contribution is 5.83. The molecule has 0 aliphatic heterocycles. The van der Waals surface area contributed by atoms with E-state index in [1.165, 1.54) is 12.3 Å². The van der Waals surface area contributed by atoms with Gasteiger partial charge in [0, 0.05) is 6.07 Å². The van der Waals surface area contributed by atoms with Gasteiger partial charge >= 0.3 is 5.69 Å². The molecule has 0 aromatic heterocycles. The van der Waals surface area contributed by atoms with Crippen molar-refractivity contribution in [1.29, 1.82) is 0 Å². The van der Waals surface area contributed by atoms with Gasteiger partial charge in [-0.2, -0.15) is 5.10 Å². The second-order valence-corrected chi connectivity index (χ2v) is 7.58. The van der Waals surface area contributed by atoms with E-state index in [4.69, 9.17) is 9.47 Å². The van der Waals surface area contributed by atoms with Crippen molar-refractivity contribution >= 4 is 23.5 Å². The molecule has 0 saturated carbocycles. The van der Waals surface area contributed by atoms with Crippen molar-refractivity contribution in [1.82, 2.24) is 5.43 Å². The van der Waals surface area contributed by atoms with E-state index in [2.05, 4.69) is 10.5 Å². The van der Waals surface area contributed by atoms with Gasteiger partial charge in [-0.25, -0.2) is 5.43 Å². The zero-order valence-corrected chi connectivity index (χ0v) is 19.2. The van der Waals surface area contributed by atoms with Gasteiger partial charge in [0.1, 0.15) is 11.5 Å². The number of nitro groups is 2. The summed E-state index contributed by atoms with van der Waals surface area (Å²) in [7, 11) is 0. The number of hydrogen-bond acceptors (Lipinski definition) is 8. The van der Waals surface area contributed by atoms with Crippen molar-refractivity contribution in [3.05, 3.63) is 97.1 Å². The first-order valence-electron chi connectivity index (χ1n) is 10.4. The summed E-state index contributed by atoms with van der Waals surface area (Å²) < 4.78 is 11.2. The van der Waals surface area contributed by atoms with E-state index in [1.807, 2.05) is 32.9 Å². The van der Waals surface area contributed by atoms with E-state index in [1.54, 1.807) is 18.2 Å². The average Bonchev–Trinajstić information content (AvgIpc) is 2.82. The number of nitrogens with zero attached hydrogens (tertiary/aromatic N) is 3. The van der Waals surface area contributed by atoms with Crippen LogP contribution in [0.25, 0.3) is 0 Å². The van der Waals surface area contributed by atoms with Crippen molar-refractivity contribution in [2.45, 2.75) is 20.8 Å². The highest BCUT2D eigenvalue weighted by atomic mass is 16.6. The summed E-state index contributed by atoms with van der Waals surface area (Å²) in [4.78, 5) is 32.8. The predicted molar refractivity (Wildman–Crippen MR) is 128 cm³/mol. The highest BCUT2D eigenvalue weighted by Gasteiger charge is 2.21. The number of carbonyl (C=O) groups excluding carboxylic acids is 1. The number of non-ortho nitro benzene ring substituents is 1. The maximum absolute atomic E-state index is 12.1. The fourth-order valence-corrected chi connectivity index (χ4v) is 3.13. The molecule has 11 heteroatoms. The van der Waals surface area contributed by atoms with E-state index < -0.39 is 27.1 Å². The molecule has 1 amide bonds. The monoisotopic (exact) mass is 478 g/mol. The van der Waals surface area contributed by atoms with Crippen LogP contribution in [0, 0.1) is 41.0 Å². The number of carbonyl (C=O) groups is 1. The van der Waals surface area contributed by atoms with E-state index in [9.17, 15) is 25.0 Å². The van der Waals surface area contributed by atoms with E-state index in [0.717, 1.165) is 34.9 Å². The lowest BCUT2D eigenvalue weighted by atomic mass is 10.1. The minimum atomic E-state index is -0.759. The Morgan fingerprint density at radius 2 is 1.74 bits per heavy atom. The standard InChI is InChI=1S/C24H22N4O7/c1-15-7-8-16(2)24(17(15)3)34-14-23(29)26-25-13-18-5-4-6-20(11-18)35-22-10-9-19(27(30)31)12-21(22)28(32)33/h4-13H,14H2,1-3H3,(H,26,29)/b25-13-. The fourth-order valence-electron chi connectivity index (χ4n) is 3.13. The molecule has 3 aromatic rings. The molecule has 3 aromatic carbocycles. The summed E-state index contributed by atoms with van der Waals surface area (Å²) in [6, 6.07) is 13.4. The number of hydrogen-bond donors (Lipinski definition) is 1. The molecule has 0 spiro atoms. The van der Waals surface area contributed by atoms with Gasteiger partial charge in [-0.3, -0.25) is 25.0 Å². The van der Waals surface area contributed by atoms with Crippen LogP contribution < -0.4 is 14.9 Å². The van der Waals surface area contributed by atoms with Crippen molar-refractivity contribution < 1.29 is 24.1 Å². The Bertz CT molecular complexity index is 1320. The fraction of sp³-hybridized carbons (Fsp3) is 0.167. The average molecular weight is 478 g/mol. The second-order valence-electron chi connectivity index (χ2n) is 7.58. The first-order valence-corrected chi connectivity index (χ1v) is 10.4. The Morgan fingerprint density at radius 1 is 1.00 bits per heavy atom. The number of aryl methyl sites for hydroxylation is 2. The molecule has 0 heterocycles. The molecule has 0 fully saturated rings. The molecule has 0 radical (unpaired) electrons. The van der Waals surface area contributed by atoms with Gasteiger partial charge in [-0.15, -0.1) is 0 Å². The van der Waals surface area contributed by atoms with Gasteiger partial charge in [0.25, 0.3) is 11.6 Å². The molecule has 0 aliphatic carbocycles. The molecule has 0 bridgehead atoms. The minimum Gasteiger partial charge on any atom is -0.483 e. The molecule has 0 saturated heterocycles. The Balaban J connectivity index is 1.63. The molecule has 0 unspecified atom stereocenters. The van der Waals surface area contributed by atoms with Gasteiger partial charge < -0.3 is 9.47 Å². The SMILES string of the molecule is Cc1ccc(C)c(OCC(=O)N/N=C\c2cccc(Oc3ccc([N+](=O)[O-])cc3[N+](=O)[O-])c2)c1C. The van der Waals surface area contributed by atoms with Crippen LogP contribution in [-0.2, 0) is 4.79 Å². The quantitative estimate of drug-likeness (QED) is 0.265. The molecule has 35 heavy (non-hydrogen) atoms. The van der Waals surface area contributed by atoms with Crippen molar-refractivity contribution in [2.24, 2.45) is 5.10 Å². The van der Waals surface area contributed by atoms with Crippen LogP contribution in [0.4, 0.5) is 11.4 Å². The lowest BCUT2D eigenvalue weighted by Crippen LogP contribution is -2.25. The third-order valence-electron chi connectivity index (χ3n) is 5.06. The molecule has 0 aliphatic rings. The third-order valence-corrected chi connectivity index (χ3v) is 5.06. The Labute approximate surface area is 200 Å². The van der Waals surface area contributed by atoms with E-state index >= 15 is 0 Å². The van der Waals surface area contributed by atoms with Crippen LogP contribution in [0.15, 0.2) is 59.7 Å². The largest absolute Gasteiger partial charge is 0.483 e. The lowest BCUT2D eigenvalue weighted by molar-refractivity contribution is -0.394. The van der Waals surface area contributed by atoms with Gasteiger partial charge in [0.15, 0.2) is 6.61 Å². The Morgan fingerprint density at radius 3 is 2.46 bits per heavy atom.